The lowest BCUT2D eigenvalue weighted by molar-refractivity contribution is -0.114. The smallest absolute Gasteiger partial charge is 0.268 e. The summed E-state index contributed by atoms with van der Waals surface area (Å²) in [5.41, 5.74) is 0.337. The first-order chi connectivity index (χ1) is 4.72. The van der Waals surface area contributed by atoms with E-state index in [1.807, 2.05) is 6.92 Å². The van der Waals surface area contributed by atoms with Gasteiger partial charge in [-0.1, -0.05) is 5.16 Å². The van der Waals surface area contributed by atoms with Crippen molar-refractivity contribution < 1.29 is 9.63 Å². The molecular formula is C6H12N2O2. The monoisotopic (exact) mass is 144 g/mol. The summed E-state index contributed by atoms with van der Waals surface area (Å²) in [5, 5.41) is 6.03. The molecule has 0 aromatic heterocycles. The first-order valence-electron chi connectivity index (χ1n) is 3.08. The second-order valence-corrected chi connectivity index (χ2v) is 1.72. The molecule has 0 fully saturated rings. The van der Waals surface area contributed by atoms with Gasteiger partial charge in [0.2, 0.25) is 0 Å². The van der Waals surface area contributed by atoms with Crippen LogP contribution in [-0.4, -0.2) is 25.3 Å². The maximum atomic E-state index is 10.8. The van der Waals surface area contributed by atoms with Crippen molar-refractivity contribution in [2.24, 2.45) is 5.16 Å². The SMILES string of the molecule is CCNC(=O)/C(C)=N/OC. The molecule has 0 radical (unpaired) electrons. The minimum absolute atomic E-state index is 0.190. The van der Waals surface area contributed by atoms with Gasteiger partial charge in [-0.05, 0) is 13.8 Å². The number of rotatable bonds is 3. The van der Waals surface area contributed by atoms with Crippen molar-refractivity contribution in [3.63, 3.8) is 0 Å². The average Bonchev–Trinajstić information content (AvgIpc) is 1.89. The molecule has 0 spiro atoms. The second-order valence-electron chi connectivity index (χ2n) is 1.72. The molecule has 0 aromatic carbocycles. The van der Waals surface area contributed by atoms with Crippen LogP contribution in [-0.2, 0) is 9.63 Å². The van der Waals surface area contributed by atoms with Gasteiger partial charge in [0, 0.05) is 6.54 Å². The summed E-state index contributed by atoms with van der Waals surface area (Å²) in [6.45, 7) is 4.04. The molecule has 4 heteroatoms. The van der Waals surface area contributed by atoms with Crippen LogP contribution in [0.2, 0.25) is 0 Å². The third-order valence-corrected chi connectivity index (χ3v) is 0.894. The Balaban J connectivity index is 3.82. The number of hydrogen-bond donors (Lipinski definition) is 1. The third kappa shape index (κ3) is 3.06. The Bertz CT molecular complexity index is 143. The molecule has 1 N–H and O–H groups in total. The van der Waals surface area contributed by atoms with Gasteiger partial charge in [-0.25, -0.2) is 0 Å². The van der Waals surface area contributed by atoms with E-state index in [2.05, 4.69) is 15.3 Å². The van der Waals surface area contributed by atoms with Crippen LogP contribution in [0.1, 0.15) is 13.8 Å². The van der Waals surface area contributed by atoms with Crippen LogP contribution in [0.5, 0.6) is 0 Å². The Kier molecular flexibility index (Phi) is 4.28. The maximum Gasteiger partial charge on any atom is 0.268 e. The van der Waals surface area contributed by atoms with Gasteiger partial charge in [0.25, 0.3) is 5.91 Å². The average molecular weight is 144 g/mol. The lowest BCUT2D eigenvalue weighted by Gasteiger charge is -1.98. The number of nitrogens with zero attached hydrogens (tertiary/aromatic N) is 1. The minimum atomic E-state index is -0.190. The number of nitrogens with one attached hydrogen (secondary N) is 1. The quantitative estimate of drug-likeness (QED) is 0.452. The zero-order valence-electron chi connectivity index (χ0n) is 6.47. The predicted molar refractivity (Wildman–Crippen MR) is 38.8 cm³/mol. The van der Waals surface area contributed by atoms with Crippen LogP contribution < -0.4 is 5.32 Å². The molecule has 4 nitrogen and oxygen atoms in total. The van der Waals surface area contributed by atoms with Gasteiger partial charge in [-0.15, -0.1) is 0 Å². The number of hydrogen-bond acceptors (Lipinski definition) is 3. The zero-order valence-corrected chi connectivity index (χ0v) is 6.47. The predicted octanol–water partition coefficient (Wildman–Crippen LogP) is 0.145. The molecule has 1 amide bonds. The van der Waals surface area contributed by atoms with Crippen molar-refractivity contribution in [2.75, 3.05) is 13.7 Å². The van der Waals surface area contributed by atoms with Crippen molar-refractivity contribution >= 4 is 11.6 Å². The molecule has 0 atom stereocenters. The van der Waals surface area contributed by atoms with Gasteiger partial charge in [0.15, 0.2) is 0 Å². The summed E-state index contributed by atoms with van der Waals surface area (Å²) in [4.78, 5) is 15.2. The normalized spacial score (nSPS) is 10.9. The van der Waals surface area contributed by atoms with Crippen LogP contribution in [0.25, 0.3) is 0 Å². The second kappa shape index (κ2) is 4.78. The Hall–Kier alpha value is -1.06. The Labute approximate surface area is 60.2 Å². The summed E-state index contributed by atoms with van der Waals surface area (Å²) in [7, 11) is 1.41. The van der Waals surface area contributed by atoms with E-state index in [1.165, 1.54) is 7.11 Å². The van der Waals surface area contributed by atoms with E-state index in [0.29, 0.717) is 12.3 Å². The van der Waals surface area contributed by atoms with Crippen LogP contribution in [0.4, 0.5) is 0 Å². The fourth-order valence-electron chi connectivity index (χ4n) is 0.467. The molecule has 0 heterocycles. The molecular weight excluding hydrogens is 132 g/mol. The summed E-state index contributed by atoms with van der Waals surface area (Å²) in [6.07, 6.45) is 0. The molecule has 0 saturated carbocycles. The molecule has 0 aromatic rings. The minimum Gasteiger partial charge on any atom is -0.399 e. The molecule has 0 aliphatic carbocycles. The molecule has 0 aliphatic heterocycles. The lowest BCUT2D eigenvalue weighted by atomic mass is 10.4. The first kappa shape index (κ1) is 8.94. The van der Waals surface area contributed by atoms with E-state index < -0.39 is 0 Å². The molecule has 0 aliphatic rings. The van der Waals surface area contributed by atoms with E-state index >= 15 is 0 Å². The highest BCUT2D eigenvalue weighted by Gasteiger charge is 2.02. The molecule has 0 saturated heterocycles. The summed E-state index contributed by atoms with van der Waals surface area (Å²) in [5.74, 6) is -0.190. The van der Waals surface area contributed by atoms with Crippen LogP contribution in [0.3, 0.4) is 0 Å². The van der Waals surface area contributed by atoms with E-state index in [1.54, 1.807) is 6.92 Å². The summed E-state index contributed by atoms with van der Waals surface area (Å²) < 4.78 is 0. The molecule has 10 heavy (non-hydrogen) atoms. The van der Waals surface area contributed by atoms with E-state index in [0.717, 1.165) is 0 Å². The third-order valence-electron chi connectivity index (χ3n) is 0.894. The maximum absolute atomic E-state index is 10.8. The number of carbonyl (C=O) groups is 1. The van der Waals surface area contributed by atoms with E-state index in [-0.39, 0.29) is 5.91 Å². The van der Waals surface area contributed by atoms with Gasteiger partial charge < -0.3 is 10.2 Å². The van der Waals surface area contributed by atoms with Crippen LogP contribution >= 0.6 is 0 Å². The van der Waals surface area contributed by atoms with E-state index in [4.69, 9.17) is 0 Å². The highest BCUT2D eigenvalue weighted by atomic mass is 16.6. The van der Waals surface area contributed by atoms with Crippen molar-refractivity contribution in [1.82, 2.24) is 5.32 Å². The first-order valence-corrected chi connectivity index (χ1v) is 3.08. The largest absolute Gasteiger partial charge is 0.399 e. The van der Waals surface area contributed by atoms with Crippen molar-refractivity contribution in [3.8, 4) is 0 Å². The molecule has 58 valence electrons. The number of amides is 1. The summed E-state index contributed by atoms with van der Waals surface area (Å²) in [6, 6.07) is 0. The highest BCUT2D eigenvalue weighted by molar-refractivity contribution is 6.37. The lowest BCUT2D eigenvalue weighted by Crippen LogP contribution is -2.28. The van der Waals surface area contributed by atoms with E-state index in [9.17, 15) is 4.79 Å². The van der Waals surface area contributed by atoms with Crippen LogP contribution in [0, 0.1) is 0 Å². The van der Waals surface area contributed by atoms with Gasteiger partial charge >= 0.3 is 0 Å². The van der Waals surface area contributed by atoms with Gasteiger partial charge in [-0.2, -0.15) is 0 Å². The molecule has 0 bridgehead atoms. The Morgan fingerprint density at radius 2 is 2.30 bits per heavy atom. The topological polar surface area (TPSA) is 50.7 Å². The number of carbonyl (C=O) groups excluding carboxylic acids is 1. The van der Waals surface area contributed by atoms with Crippen molar-refractivity contribution in [3.05, 3.63) is 0 Å². The fraction of sp³-hybridized carbons (Fsp3) is 0.667. The number of oxime groups is 1. The zero-order chi connectivity index (χ0) is 7.98. The fourth-order valence-corrected chi connectivity index (χ4v) is 0.467. The summed E-state index contributed by atoms with van der Waals surface area (Å²) >= 11 is 0. The molecule has 0 unspecified atom stereocenters. The van der Waals surface area contributed by atoms with Gasteiger partial charge in [-0.3, -0.25) is 4.79 Å². The van der Waals surface area contributed by atoms with Gasteiger partial charge in [0.05, 0.1) is 0 Å². The Morgan fingerprint density at radius 1 is 1.70 bits per heavy atom. The highest BCUT2D eigenvalue weighted by Crippen LogP contribution is 1.77. The standard InChI is InChI=1S/C6H12N2O2/c1-4-7-6(9)5(2)8-10-3/h4H2,1-3H3,(H,7,9)/b8-5+. The van der Waals surface area contributed by atoms with Crippen molar-refractivity contribution in [2.45, 2.75) is 13.8 Å². The van der Waals surface area contributed by atoms with Crippen molar-refractivity contribution in [1.29, 1.82) is 0 Å². The molecule has 0 rings (SSSR count). The Morgan fingerprint density at radius 3 is 2.70 bits per heavy atom. The van der Waals surface area contributed by atoms with Gasteiger partial charge in [0.1, 0.15) is 12.8 Å². The van der Waals surface area contributed by atoms with Crippen LogP contribution in [0.15, 0.2) is 5.16 Å².